The van der Waals surface area contributed by atoms with Crippen LogP contribution in [0.4, 0.5) is 11.5 Å². The van der Waals surface area contributed by atoms with Gasteiger partial charge in [0.25, 0.3) is 5.91 Å². The van der Waals surface area contributed by atoms with Crippen molar-refractivity contribution < 1.29 is 14.3 Å². The molecule has 0 aromatic carbocycles. The van der Waals surface area contributed by atoms with E-state index in [-0.39, 0.29) is 5.91 Å². The lowest BCUT2D eigenvalue weighted by molar-refractivity contribution is 0.0302. The number of hydrogen-bond donors (Lipinski definition) is 2. The number of carbonyl (C=O) groups is 1. The van der Waals surface area contributed by atoms with Crippen LogP contribution in [0.15, 0.2) is 24.5 Å². The number of anilines is 2. The molecule has 0 spiro atoms. The number of rotatable bonds is 5. The summed E-state index contributed by atoms with van der Waals surface area (Å²) in [6.07, 6.45) is 6.36. The van der Waals surface area contributed by atoms with E-state index in [1.807, 2.05) is 6.20 Å². The van der Waals surface area contributed by atoms with Crippen LogP contribution < -0.4 is 15.1 Å². The molecule has 29 heavy (non-hydrogen) atoms. The van der Waals surface area contributed by atoms with E-state index < -0.39 is 0 Å². The van der Waals surface area contributed by atoms with Gasteiger partial charge in [0.1, 0.15) is 11.5 Å². The third kappa shape index (κ3) is 3.92. The van der Waals surface area contributed by atoms with E-state index in [1.54, 1.807) is 12.3 Å². The summed E-state index contributed by atoms with van der Waals surface area (Å²) in [5.41, 5.74) is 2.56. The van der Waals surface area contributed by atoms with Crippen molar-refractivity contribution >= 4 is 17.4 Å². The molecule has 2 aromatic rings. The predicted octanol–water partition coefficient (Wildman–Crippen LogP) is 0.939. The van der Waals surface area contributed by atoms with E-state index in [0.717, 1.165) is 56.1 Å². The smallest absolute Gasteiger partial charge is 0.269 e. The Labute approximate surface area is 169 Å². The van der Waals surface area contributed by atoms with Gasteiger partial charge in [-0.05, 0) is 18.9 Å². The van der Waals surface area contributed by atoms with Crippen LogP contribution >= 0.6 is 0 Å². The summed E-state index contributed by atoms with van der Waals surface area (Å²) in [5, 5.41) is 9.49. The van der Waals surface area contributed by atoms with Crippen LogP contribution in [0.1, 0.15) is 28.9 Å². The largest absolute Gasteiger partial charge is 0.378 e. The van der Waals surface area contributed by atoms with Crippen LogP contribution in [-0.4, -0.2) is 72.7 Å². The predicted molar refractivity (Wildman–Crippen MR) is 107 cm³/mol. The molecular formula is C20H26N6O3. The molecule has 3 aliphatic rings. The maximum absolute atomic E-state index is 12.3. The Bertz CT molecular complexity index is 840. The van der Waals surface area contributed by atoms with Crippen molar-refractivity contribution in [3.8, 4) is 0 Å². The topological polar surface area (TPSA) is 95.6 Å². The fourth-order valence-electron chi connectivity index (χ4n) is 4.33. The lowest BCUT2D eigenvalue weighted by Gasteiger charge is -2.35. The quantitative estimate of drug-likeness (QED) is 0.774. The molecular weight excluding hydrogens is 372 g/mol. The third-order valence-electron chi connectivity index (χ3n) is 5.85. The average Bonchev–Trinajstić information content (AvgIpc) is 3.42. The number of hydrogen-bond acceptors (Lipinski definition) is 7. The number of pyridine rings is 1. The zero-order valence-electron chi connectivity index (χ0n) is 16.3. The van der Waals surface area contributed by atoms with Gasteiger partial charge in [0.2, 0.25) is 0 Å². The van der Waals surface area contributed by atoms with Gasteiger partial charge in [0, 0.05) is 62.4 Å². The number of amides is 1. The molecule has 9 nitrogen and oxygen atoms in total. The zero-order valence-corrected chi connectivity index (χ0v) is 16.3. The summed E-state index contributed by atoms with van der Waals surface area (Å²) in [7, 11) is 0. The van der Waals surface area contributed by atoms with Gasteiger partial charge in [0.15, 0.2) is 0 Å². The van der Waals surface area contributed by atoms with Crippen molar-refractivity contribution in [1.29, 1.82) is 0 Å². The van der Waals surface area contributed by atoms with Gasteiger partial charge in [-0.2, -0.15) is 5.10 Å². The Morgan fingerprint density at radius 1 is 1.21 bits per heavy atom. The van der Waals surface area contributed by atoms with Crippen molar-refractivity contribution in [3.05, 3.63) is 35.8 Å². The van der Waals surface area contributed by atoms with Crippen molar-refractivity contribution in [3.63, 3.8) is 0 Å². The summed E-state index contributed by atoms with van der Waals surface area (Å²) in [6, 6.07) is 3.82. The second kappa shape index (κ2) is 8.00. The molecule has 2 atom stereocenters. The Balaban J connectivity index is 1.37. The van der Waals surface area contributed by atoms with E-state index in [1.165, 1.54) is 0 Å². The van der Waals surface area contributed by atoms with E-state index in [2.05, 4.69) is 31.4 Å². The number of fused-ring (bicyclic) bond motifs is 2. The van der Waals surface area contributed by atoms with Gasteiger partial charge in [-0.1, -0.05) is 0 Å². The molecule has 5 rings (SSSR count). The Hall–Kier alpha value is -2.65. The molecule has 0 aliphatic carbocycles. The summed E-state index contributed by atoms with van der Waals surface area (Å²) < 4.78 is 11.5. The molecule has 0 radical (unpaired) electrons. The monoisotopic (exact) mass is 398 g/mol. The van der Waals surface area contributed by atoms with Crippen LogP contribution in [0.3, 0.4) is 0 Å². The average molecular weight is 398 g/mol. The Kier molecular flexibility index (Phi) is 5.07. The number of morpholine rings is 2. The Morgan fingerprint density at radius 2 is 2.00 bits per heavy atom. The highest BCUT2D eigenvalue weighted by Crippen LogP contribution is 2.31. The van der Waals surface area contributed by atoms with Gasteiger partial charge in [0.05, 0.1) is 25.4 Å². The fraction of sp³-hybridized carbons (Fsp3) is 0.550. The standard InChI is InChI=1S/C20H26N6O3/c27-20(17-3-4-23-24-17)22-11-14-10-21-19(9-18(14)25-5-7-28-8-6-25)26-12-15-1-2-16(13-26)29-15/h3-4,9-10,15-16H,1-2,5-8,11-13H2,(H,22,27)(H,23,24). The first kappa shape index (κ1) is 18.4. The van der Waals surface area contributed by atoms with Crippen LogP contribution in [-0.2, 0) is 16.0 Å². The van der Waals surface area contributed by atoms with Crippen molar-refractivity contribution in [2.24, 2.45) is 0 Å². The lowest BCUT2D eigenvalue weighted by Crippen LogP contribution is -2.43. The first-order chi connectivity index (χ1) is 14.3. The van der Waals surface area contributed by atoms with E-state index in [0.29, 0.717) is 37.7 Å². The maximum Gasteiger partial charge on any atom is 0.269 e. The van der Waals surface area contributed by atoms with Crippen molar-refractivity contribution in [1.82, 2.24) is 20.5 Å². The molecule has 0 saturated carbocycles. The molecule has 3 aliphatic heterocycles. The molecule has 3 saturated heterocycles. The number of aromatic nitrogens is 3. The summed E-state index contributed by atoms with van der Waals surface area (Å²) in [6.45, 7) is 5.27. The highest BCUT2D eigenvalue weighted by Gasteiger charge is 2.34. The summed E-state index contributed by atoms with van der Waals surface area (Å²) in [5.74, 6) is 0.805. The number of carbonyl (C=O) groups excluding carboxylic acids is 1. The summed E-state index contributed by atoms with van der Waals surface area (Å²) in [4.78, 5) is 21.7. The normalized spacial score (nSPS) is 24.0. The molecule has 2 aromatic heterocycles. The molecule has 154 valence electrons. The number of aromatic amines is 1. The van der Waals surface area contributed by atoms with E-state index in [9.17, 15) is 4.79 Å². The van der Waals surface area contributed by atoms with Crippen LogP contribution in [0.2, 0.25) is 0 Å². The fourth-order valence-corrected chi connectivity index (χ4v) is 4.33. The summed E-state index contributed by atoms with van der Waals surface area (Å²) >= 11 is 0. The SMILES string of the molecule is O=C(NCc1cnc(N2CC3CCC(C2)O3)cc1N1CCOCC1)c1ccn[nH]1. The third-order valence-corrected chi connectivity index (χ3v) is 5.85. The second-order valence-corrected chi connectivity index (χ2v) is 7.79. The maximum atomic E-state index is 12.3. The van der Waals surface area contributed by atoms with Crippen LogP contribution in [0.25, 0.3) is 0 Å². The van der Waals surface area contributed by atoms with Gasteiger partial charge >= 0.3 is 0 Å². The zero-order chi connectivity index (χ0) is 19.6. The number of nitrogens with one attached hydrogen (secondary N) is 2. The van der Waals surface area contributed by atoms with Gasteiger partial charge in [-0.25, -0.2) is 4.98 Å². The molecule has 5 heterocycles. The molecule has 2 unspecified atom stereocenters. The lowest BCUT2D eigenvalue weighted by atomic mass is 10.1. The molecule has 3 fully saturated rings. The first-order valence-corrected chi connectivity index (χ1v) is 10.3. The van der Waals surface area contributed by atoms with Gasteiger partial charge < -0.3 is 24.6 Å². The second-order valence-electron chi connectivity index (χ2n) is 7.79. The van der Waals surface area contributed by atoms with Crippen molar-refractivity contribution in [2.75, 3.05) is 49.2 Å². The number of nitrogens with zero attached hydrogens (tertiary/aromatic N) is 4. The molecule has 1 amide bonds. The van der Waals surface area contributed by atoms with Crippen LogP contribution in [0.5, 0.6) is 0 Å². The highest BCUT2D eigenvalue weighted by atomic mass is 16.5. The highest BCUT2D eigenvalue weighted by molar-refractivity contribution is 5.92. The van der Waals surface area contributed by atoms with Gasteiger partial charge in [-0.3, -0.25) is 9.89 Å². The van der Waals surface area contributed by atoms with E-state index in [4.69, 9.17) is 14.5 Å². The minimum Gasteiger partial charge on any atom is -0.378 e. The molecule has 2 bridgehead atoms. The number of H-pyrrole nitrogens is 1. The van der Waals surface area contributed by atoms with E-state index >= 15 is 0 Å². The molecule has 2 N–H and O–H groups in total. The van der Waals surface area contributed by atoms with Gasteiger partial charge in [-0.15, -0.1) is 0 Å². The first-order valence-electron chi connectivity index (χ1n) is 10.3. The number of ether oxygens (including phenoxy) is 2. The Morgan fingerprint density at radius 3 is 2.72 bits per heavy atom. The minimum atomic E-state index is -0.177. The van der Waals surface area contributed by atoms with Crippen molar-refractivity contribution in [2.45, 2.75) is 31.6 Å². The van der Waals surface area contributed by atoms with Crippen LogP contribution in [0, 0.1) is 0 Å². The molecule has 9 heteroatoms. The minimum absolute atomic E-state index is 0.177.